The summed E-state index contributed by atoms with van der Waals surface area (Å²) >= 11 is 0. The number of rotatable bonds is 3. The standard InChI is InChI=1S/C12H23NO/c1-2-10-5-3-4-6-12(10)14-11-7-8-13-9-11/h10-13H,2-9H2,1H3/t10?,11-,12?/m0/s1. The van der Waals surface area contributed by atoms with Crippen molar-refractivity contribution in [2.75, 3.05) is 13.1 Å². The average molecular weight is 197 g/mol. The first-order valence-electron chi connectivity index (χ1n) is 6.26. The molecule has 0 aromatic carbocycles. The van der Waals surface area contributed by atoms with Crippen molar-refractivity contribution in [3.05, 3.63) is 0 Å². The number of hydrogen-bond donors (Lipinski definition) is 1. The van der Waals surface area contributed by atoms with Gasteiger partial charge in [-0.3, -0.25) is 0 Å². The van der Waals surface area contributed by atoms with Gasteiger partial charge in [0.15, 0.2) is 0 Å². The van der Waals surface area contributed by atoms with Crippen LogP contribution in [0.4, 0.5) is 0 Å². The fourth-order valence-corrected chi connectivity index (χ4v) is 2.81. The van der Waals surface area contributed by atoms with E-state index in [0.717, 1.165) is 19.0 Å². The molecule has 1 aliphatic heterocycles. The highest BCUT2D eigenvalue weighted by atomic mass is 16.5. The van der Waals surface area contributed by atoms with Gasteiger partial charge in [0.2, 0.25) is 0 Å². The molecule has 0 bridgehead atoms. The van der Waals surface area contributed by atoms with E-state index in [4.69, 9.17) is 4.74 Å². The van der Waals surface area contributed by atoms with E-state index in [1.54, 1.807) is 0 Å². The Morgan fingerprint density at radius 2 is 2.07 bits per heavy atom. The van der Waals surface area contributed by atoms with Crippen LogP contribution in [0, 0.1) is 5.92 Å². The van der Waals surface area contributed by atoms with Gasteiger partial charge in [0.1, 0.15) is 0 Å². The van der Waals surface area contributed by atoms with E-state index in [-0.39, 0.29) is 0 Å². The van der Waals surface area contributed by atoms with Crippen LogP contribution in [-0.2, 0) is 4.74 Å². The Labute approximate surface area is 87.4 Å². The number of nitrogens with one attached hydrogen (secondary N) is 1. The summed E-state index contributed by atoms with van der Waals surface area (Å²) in [5, 5.41) is 3.37. The molecule has 1 saturated carbocycles. The maximum atomic E-state index is 6.19. The van der Waals surface area contributed by atoms with Crippen molar-refractivity contribution >= 4 is 0 Å². The molecule has 2 unspecified atom stereocenters. The predicted molar refractivity (Wildman–Crippen MR) is 58.4 cm³/mol. The molecule has 0 aromatic heterocycles. The van der Waals surface area contributed by atoms with Gasteiger partial charge in [-0.2, -0.15) is 0 Å². The predicted octanol–water partition coefficient (Wildman–Crippen LogP) is 2.33. The third-order valence-corrected chi connectivity index (χ3v) is 3.75. The number of hydrogen-bond acceptors (Lipinski definition) is 2. The largest absolute Gasteiger partial charge is 0.373 e. The van der Waals surface area contributed by atoms with Gasteiger partial charge in [-0.15, -0.1) is 0 Å². The molecule has 1 saturated heterocycles. The Hall–Kier alpha value is -0.0800. The van der Waals surface area contributed by atoms with Crippen LogP contribution in [0.25, 0.3) is 0 Å². The van der Waals surface area contributed by atoms with Crippen molar-refractivity contribution in [3.63, 3.8) is 0 Å². The summed E-state index contributed by atoms with van der Waals surface area (Å²) in [6.45, 7) is 4.53. The quantitative estimate of drug-likeness (QED) is 0.750. The fraction of sp³-hybridized carbons (Fsp3) is 1.00. The van der Waals surface area contributed by atoms with Gasteiger partial charge in [0.25, 0.3) is 0 Å². The van der Waals surface area contributed by atoms with Gasteiger partial charge >= 0.3 is 0 Å². The summed E-state index contributed by atoms with van der Waals surface area (Å²) in [5.74, 6) is 0.837. The third-order valence-electron chi connectivity index (χ3n) is 3.75. The van der Waals surface area contributed by atoms with Gasteiger partial charge in [-0.25, -0.2) is 0 Å². The lowest BCUT2D eigenvalue weighted by Gasteiger charge is -2.32. The minimum absolute atomic E-state index is 0.507. The molecule has 0 spiro atoms. The Balaban J connectivity index is 1.81. The molecular weight excluding hydrogens is 174 g/mol. The summed E-state index contributed by atoms with van der Waals surface area (Å²) in [7, 11) is 0. The van der Waals surface area contributed by atoms with E-state index in [9.17, 15) is 0 Å². The molecule has 1 aliphatic carbocycles. The van der Waals surface area contributed by atoms with Crippen molar-refractivity contribution in [3.8, 4) is 0 Å². The lowest BCUT2D eigenvalue weighted by molar-refractivity contribution is -0.0522. The molecule has 0 aromatic rings. The Morgan fingerprint density at radius 1 is 1.21 bits per heavy atom. The molecule has 2 heteroatoms. The smallest absolute Gasteiger partial charge is 0.0715 e. The van der Waals surface area contributed by atoms with Crippen LogP contribution in [0.2, 0.25) is 0 Å². The molecule has 2 nitrogen and oxygen atoms in total. The topological polar surface area (TPSA) is 21.3 Å². The lowest BCUT2D eigenvalue weighted by Crippen LogP contribution is -2.32. The third kappa shape index (κ3) is 2.48. The van der Waals surface area contributed by atoms with Crippen molar-refractivity contribution in [2.24, 2.45) is 5.92 Å². The molecule has 3 atom stereocenters. The SMILES string of the molecule is CCC1CCCCC1O[C@H]1CCNC1. The van der Waals surface area contributed by atoms with Gasteiger partial charge in [0, 0.05) is 6.54 Å². The van der Waals surface area contributed by atoms with Gasteiger partial charge in [-0.1, -0.05) is 26.2 Å². The molecule has 82 valence electrons. The van der Waals surface area contributed by atoms with Crippen LogP contribution in [0.5, 0.6) is 0 Å². The van der Waals surface area contributed by atoms with Crippen molar-refractivity contribution in [1.29, 1.82) is 0 Å². The van der Waals surface area contributed by atoms with Crippen LogP contribution in [0.3, 0.4) is 0 Å². The summed E-state index contributed by atoms with van der Waals surface area (Å²) in [4.78, 5) is 0. The van der Waals surface area contributed by atoms with Crippen LogP contribution in [-0.4, -0.2) is 25.3 Å². The van der Waals surface area contributed by atoms with Crippen LogP contribution in [0.15, 0.2) is 0 Å². The second kappa shape index (κ2) is 5.13. The summed E-state index contributed by atoms with van der Waals surface area (Å²) in [5.41, 5.74) is 0. The minimum atomic E-state index is 0.507. The normalized spacial score (nSPS) is 38.8. The van der Waals surface area contributed by atoms with E-state index in [0.29, 0.717) is 12.2 Å². The van der Waals surface area contributed by atoms with E-state index in [2.05, 4.69) is 12.2 Å². The Kier molecular flexibility index (Phi) is 3.82. The van der Waals surface area contributed by atoms with Crippen LogP contribution in [0.1, 0.15) is 45.4 Å². The van der Waals surface area contributed by atoms with Crippen LogP contribution >= 0.6 is 0 Å². The van der Waals surface area contributed by atoms with Crippen molar-refractivity contribution in [2.45, 2.75) is 57.7 Å². The first-order valence-corrected chi connectivity index (χ1v) is 6.26. The molecule has 2 aliphatic rings. The summed E-state index contributed by atoms with van der Waals surface area (Å²) in [6, 6.07) is 0. The van der Waals surface area contributed by atoms with E-state index >= 15 is 0 Å². The lowest BCUT2D eigenvalue weighted by atomic mass is 9.84. The zero-order valence-electron chi connectivity index (χ0n) is 9.30. The van der Waals surface area contributed by atoms with Crippen molar-refractivity contribution in [1.82, 2.24) is 5.32 Å². The van der Waals surface area contributed by atoms with E-state index in [1.807, 2.05) is 0 Å². The van der Waals surface area contributed by atoms with Crippen molar-refractivity contribution < 1.29 is 4.74 Å². The summed E-state index contributed by atoms with van der Waals surface area (Å²) < 4.78 is 6.19. The van der Waals surface area contributed by atoms with E-state index in [1.165, 1.54) is 38.5 Å². The molecule has 1 N–H and O–H groups in total. The summed E-state index contributed by atoms with van der Waals surface area (Å²) in [6.07, 6.45) is 9.07. The highest BCUT2D eigenvalue weighted by Crippen LogP contribution is 2.30. The first-order chi connectivity index (χ1) is 6.90. The second-order valence-corrected chi connectivity index (χ2v) is 4.74. The van der Waals surface area contributed by atoms with Gasteiger partial charge in [-0.05, 0) is 31.7 Å². The van der Waals surface area contributed by atoms with Gasteiger partial charge < -0.3 is 10.1 Å². The molecule has 2 fully saturated rings. The minimum Gasteiger partial charge on any atom is -0.373 e. The maximum Gasteiger partial charge on any atom is 0.0715 e. The zero-order valence-corrected chi connectivity index (χ0v) is 9.30. The highest BCUT2D eigenvalue weighted by molar-refractivity contribution is 4.79. The molecule has 2 rings (SSSR count). The monoisotopic (exact) mass is 197 g/mol. The van der Waals surface area contributed by atoms with Gasteiger partial charge in [0.05, 0.1) is 12.2 Å². The molecule has 1 heterocycles. The van der Waals surface area contributed by atoms with E-state index < -0.39 is 0 Å². The molecular formula is C12H23NO. The zero-order chi connectivity index (χ0) is 9.80. The molecule has 14 heavy (non-hydrogen) atoms. The molecule has 0 radical (unpaired) electrons. The van der Waals surface area contributed by atoms with Crippen LogP contribution < -0.4 is 5.32 Å². The maximum absolute atomic E-state index is 6.19. The molecule has 0 amide bonds. The Bertz CT molecular complexity index is 166. The first kappa shape index (κ1) is 10.4. The second-order valence-electron chi connectivity index (χ2n) is 4.74. The fourth-order valence-electron chi connectivity index (χ4n) is 2.81. The highest BCUT2D eigenvalue weighted by Gasteiger charge is 2.27. The Morgan fingerprint density at radius 3 is 2.79 bits per heavy atom. The number of ether oxygens (including phenoxy) is 1. The average Bonchev–Trinajstić information content (AvgIpc) is 2.71.